The van der Waals surface area contributed by atoms with Crippen molar-refractivity contribution in [3.05, 3.63) is 29.3 Å². The van der Waals surface area contributed by atoms with Gasteiger partial charge in [0.1, 0.15) is 11.6 Å². The van der Waals surface area contributed by atoms with Crippen LogP contribution in [0.1, 0.15) is 19.4 Å². The van der Waals surface area contributed by atoms with Crippen LogP contribution in [0.2, 0.25) is 0 Å². The van der Waals surface area contributed by atoms with Crippen molar-refractivity contribution < 1.29 is 8.78 Å². The molecular weight excluding hydrogens is 216 g/mol. The number of halogens is 2. The highest BCUT2D eigenvalue weighted by atomic mass is 32.2. The molecule has 0 radical (unpaired) electrons. The largest absolute Gasteiger partial charge is 0.206 e. The average Bonchev–Trinajstić information content (AvgIpc) is 2.15. The molecule has 1 nitrogen and oxygen atoms in total. The molecule has 0 unspecified atom stereocenters. The number of hydrogen-bond donors (Lipinski definition) is 0. The molecule has 0 aromatic heterocycles. The highest BCUT2D eigenvalue weighted by Gasteiger charge is 2.12. The topological polar surface area (TPSA) is 23.8 Å². The minimum atomic E-state index is -0.655. The second-order valence-corrected chi connectivity index (χ2v) is 4.62. The molecule has 0 amide bonds. The third-order valence-electron chi connectivity index (χ3n) is 1.69. The minimum Gasteiger partial charge on any atom is -0.206 e. The molecule has 4 heteroatoms. The molecule has 1 rings (SSSR count). The molecule has 0 atom stereocenters. The summed E-state index contributed by atoms with van der Waals surface area (Å²) in [7, 11) is 0. The van der Waals surface area contributed by atoms with Gasteiger partial charge < -0.3 is 0 Å². The Labute approximate surface area is 92.1 Å². The van der Waals surface area contributed by atoms with Gasteiger partial charge in [-0.05, 0) is 18.1 Å². The van der Waals surface area contributed by atoms with Crippen molar-refractivity contribution in [3.8, 4) is 6.07 Å². The van der Waals surface area contributed by atoms with Crippen LogP contribution in [0.4, 0.5) is 8.78 Å². The smallest absolute Gasteiger partial charge is 0.141 e. The Morgan fingerprint density at radius 2 is 1.87 bits per heavy atom. The van der Waals surface area contributed by atoms with E-state index in [9.17, 15) is 8.78 Å². The number of rotatable bonds is 3. The van der Waals surface area contributed by atoms with E-state index in [0.717, 1.165) is 23.9 Å². The fraction of sp³-hybridized carbons (Fsp3) is 0.364. The van der Waals surface area contributed by atoms with E-state index >= 15 is 0 Å². The fourth-order valence-electron chi connectivity index (χ4n) is 1.01. The Morgan fingerprint density at radius 3 is 2.27 bits per heavy atom. The Bertz CT molecular complexity index is 373. The zero-order valence-electron chi connectivity index (χ0n) is 8.55. The first-order valence-corrected chi connectivity index (χ1v) is 5.55. The van der Waals surface area contributed by atoms with Crippen molar-refractivity contribution in [2.75, 3.05) is 5.75 Å². The summed E-state index contributed by atoms with van der Waals surface area (Å²) in [5, 5.41) is 8.51. The summed E-state index contributed by atoms with van der Waals surface area (Å²) in [6.45, 7) is 3.96. The van der Waals surface area contributed by atoms with Crippen molar-refractivity contribution in [1.82, 2.24) is 0 Å². The Balaban J connectivity index is 2.94. The Kier molecular flexibility index (Phi) is 4.10. The molecule has 0 saturated carbocycles. The van der Waals surface area contributed by atoms with E-state index < -0.39 is 11.6 Å². The van der Waals surface area contributed by atoms with Gasteiger partial charge in [0.2, 0.25) is 0 Å². The first kappa shape index (κ1) is 12.0. The quantitative estimate of drug-likeness (QED) is 0.737. The molecule has 0 aliphatic heterocycles. The van der Waals surface area contributed by atoms with E-state index in [1.807, 2.05) is 13.8 Å². The van der Waals surface area contributed by atoms with Crippen LogP contribution in [0.15, 0.2) is 17.0 Å². The lowest BCUT2D eigenvalue weighted by molar-refractivity contribution is 0.539. The standard InChI is InChI=1S/C11H11F2NS/c1-7(2)6-15-11-9(12)3-8(5-14)4-10(11)13/h3-4,7H,6H2,1-2H3. The van der Waals surface area contributed by atoms with E-state index in [2.05, 4.69) is 0 Å². The van der Waals surface area contributed by atoms with E-state index in [0.29, 0.717) is 11.7 Å². The first-order chi connectivity index (χ1) is 7.04. The van der Waals surface area contributed by atoms with Crippen LogP contribution in [0.3, 0.4) is 0 Å². The normalized spacial score (nSPS) is 10.4. The van der Waals surface area contributed by atoms with Gasteiger partial charge in [-0.3, -0.25) is 0 Å². The van der Waals surface area contributed by atoms with Gasteiger partial charge in [0.25, 0.3) is 0 Å². The average molecular weight is 227 g/mol. The minimum absolute atomic E-state index is 0.00250. The number of thioether (sulfide) groups is 1. The molecule has 0 saturated heterocycles. The number of benzene rings is 1. The Hall–Kier alpha value is -1.08. The molecule has 0 heterocycles. The van der Waals surface area contributed by atoms with E-state index in [-0.39, 0.29) is 10.5 Å². The van der Waals surface area contributed by atoms with Gasteiger partial charge in [0.05, 0.1) is 16.5 Å². The third-order valence-corrected chi connectivity index (χ3v) is 3.20. The highest BCUT2D eigenvalue weighted by molar-refractivity contribution is 7.99. The van der Waals surface area contributed by atoms with E-state index in [1.54, 1.807) is 6.07 Å². The zero-order chi connectivity index (χ0) is 11.4. The molecule has 0 aliphatic carbocycles. The van der Waals surface area contributed by atoms with Crippen LogP contribution in [-0.4, -0.2) is 5.75 Å². The summed E-state index contributed by atoms with van der Waals surface area (Å²) >= 11 is 1.14. The van der Waals surface area contributed by atoms with Gasteiger partial charge in [-0.25, -0.2) is 8.78 Å². The lowest BCUT2D eigenvalue weighted by Crippen LogP contribution is -1.95. The second-order valence-electron chi connectivity index (χ2n) is 3.59. The summed E-state index contributed by atoms with van der Waals surface area (Å²) in [4.78, 5) is 0.00250. The van der Waals surface area contributed by atoms with Crippen molar-refractivity contribution in [2.24, 2.45) is 5.92 Å². The predicted molar refractivity (Wildman–Crippen MR) is 56.6 cm³/mol. The van der Waals surface area contributed by atoms with Gasteiger partial charge in [0.15, 0.2) is 0 Å². The molecule has 0 fully saturated rings. The zero-order valence-corrected chi connectivity index (χ0v) is 9.37. The molecule has 0 spiro atoms. The van der Waals surface area contributed by atoms with Crippen LogP contribution in [0.5, 0.6) is 0 Å². The molecule has 15 heavy (non-hydrogen) atoms. The van der Waals surface area contributed by atoms with Gasteiger partial charge in [-0.1, -0.05) is 13.8 Å². The van der Waals surface area contributed by atoms with Crippen LogP contribution in [-0.2, 0) is 0 Å². The molecule has 0 N–H and O–H groups in total. The molecule has 80 valence electrons. The van der Waals surface area contributed by atoms with Crippen molar-refractivity contribution >= 4 is 11.8 Å². The molecule has 0 aliphatic rings. The van der Waals surface area contributed by atoms with Crippen LogP contribution in [0, 0.1) is 28.9 Å². The van der Waals surface area contributed by atoms with Crippen LogP contribution >= 0.6 is 11.8 Å². The molecule has 1 aromatic rings. The monoisotopic (exact) mass is 227 g/mol. The van der Waals surface area contributed by atoms with Gasteiger partial charge in [0, 0.05) is 5.75 Å². The summed E-state index contributed by atoms with van der Waals surface area (Å²) < 4.78 is 26.7. The number of nitrogens with zero attached hydrogens (tertiary/aromatic N) is 1. The lowest BCUT2D eigenvalue weighted by atomic mass is 10.2. The van der Waals surface area contributed by atoms with Crippen molar-refractivity contribution in [2.45, 2.75) is 18.7 Å². The van der Waals surface area contributed by atoms with Crippen LogP contribution < -0.4 is 0 Å². The molecule has 1 aromatic carbocycles. The van der Waals surface area contributed by atoms with Gasteiger partial charge in [-0.2, -0.15) is 5.26 Å². The van der Waals surface area contributed by atoms with Crippen LogP contribution in [0.25, 0.3) is 0 Å². The number of nitriles is 1. The maximum Gasteiger partial charge on any atom is 0.141 e. The molecular formula is C11H11F2NS. The second kappa shape index (κ2) is 5.13. The van der Waals surface area contributed by atoms with E-state index in [4.69, 9.17) is 5.26 Å². The fourth-order valence-corrected chi connectivity index (χ4v) is 1.91. The van der Waals surface area contributed by atoms with Gasteiger partial charge in [-0.15, -0.1) is 11.8 Å². The highest BCUT2D eigenvalue weighted by Crippen LogP contribution is 2.27. The summed E-state index contributed by atoms with van der Waals surface area (Å²) in [5.74, 6) is -0.293. The van der Waals surface area contributed by atoms with Crippen molar-refractivity contribution in [1.29, 1.82) is 5.26 Å². The van der Waals surface area contributed by atoms with Gasteiger partial charge >= 0.3 is 0 Å². The number of hydrogen-bond acceptors (Lipinski definition) is 2. The summed E-state index contributed by atoms with van der Waals surface area (Å²) in [6, 6.07) is 3.83. The predicted octanol–water partition coefficient (Wildman–Crippen LogP) is 3.58. The summed E-state index contributed by atoms with van der Waals surface area (Å²) in [5.41, 5.74) is 0.0129. The first-order valence-electron chi connectivity index (χ1n) is 4.56. The summed E-state index contributed by atoms with van der Waals surface area (Å²) in [6.07, 6.45) is 0. The van der Waals surface area contributed by atoms with E-state index in [1.165, 1.54) is 0 Å². The maximum atomic E-state index is 13.3. The SMILES string of the molecule is CC(C)CSc1c(F)cc(C#N)cc1F. The maximum absolute atomic E-state index is 13.3. The Morgan fingerprint density at radius 1 is 1.33 bits per heavy atom. The van der Waals surface area contributed by atoms with Crippen molar-refractivity contribution in [3.63, 3.8) is 0 Å². The molecule has 0 bridgehead atoms. The lowest BCUT2D eigenvalue weighted by Gasteiger charge is -2.07. The third kappa shape index (κ3) is 3.21.